The van der Waals surface area contributed by atoms with Crippen LogP contribution < -0.4 is 22.3 Å². The number of phenolic OH excluding ortho intramolecular Hbond substituents is 2. The summed E-state index contributed by atoms with van der Waals surface area (Å²) in [5.41, 5.74) is 14.6. The first-order chi connectivity index (χ1) is 17.9. The van der Waals surface area contributed by atoms with Gasteiger partial charge in [0.1, 0.15) is 11.2 Å². The summed E-state index contributed by atoms with van der Waals surface area (Å²) in [4.78, 5) is 26.1. The lowest BCUT2D eigenvalue weighted by molar-refractivity contribution is 0.402. The van der Waals surface area contributed by atoms with Crippen molar-refractivity contribution >= 4 is 55.3 Å². The van der Waals surface area contributed by atoms with Crippen LogP contribution in [0.3, 0.4) is 0 Å². The van der Waals surface area contributed by atoms with Crippen LogP contribution in [0.4, 0.5) is 11.8 Å². The highest BCUT2D eigenvalue weighted by Crippen LogP contribution is 2.50. The Labute approximate surface area is 216 Å². The molecule has 0 unspecified atom stereocenters. The van der Waals surface area contributed by atoms with E-state index in [-0.39, 0.29) is 45.9 Å². The van der Waals surface area contributed by atoms with Gasteiger partial charge in [-0.05, 0) is 47.6 Å². The number of hydrogen-bond donors (Lipinski definition) is 4. The predicted molar refractivity (Wildman–Crippen MR) is 150 cm³/mol. The van der Waals surface area contributed by atoms with Gasteiger partial charge in [-0.15, -0.1) is 0 Å². The van der Waals surface area contributed by atoms with Crippen molar-refractivity contribution in [3.8, 4) is 11.5 Å². The number of benzene rings is 4. The zero-order chi connectivity index (χ0) is 27.5. The second-order valence-electron chi connectivity index (χ2n) is 10.8. The van der Waals surface area contributed by atoms with Crippen LogP contribution in [-0.4, -0.2) is 10.2 Å². The molecule has 6 rings (SSSR count). The summed E-state index contributed by atoms with van der Waals surface area (Å²) in [6.07, 6.45) is 0. The van der Waals surface area contributed by atoms with Crippen LogP contribution >= 0.6 is 0 Å². The number of phenols is 2. The van der Waals surface area contributed by atoms with E-state index in [0.717, 1.165) is 16.5 Å². The van der Waals surface area contributed by atoms with Gasteiger partial charge in [0.2, 0.25) is 22.6 Å². The fourth-order valence-corrected chi connectivity index (χ4v) is 6.24. The molecule has 0 bridgehead atoms. The Bertz CT molecular complexity index is 2190. The number of aryl methyl sites for hydroxylation is 2. The van der Waals surface area contributed by atoms with Gasteiger partial charge in [0, 0.05) is 32.3 Å². The van der Waals surface area contributed by atoms with Crippen molar-refractivity contribution < 1.29 is 19.0 Å². The van der Waals surface area contributed by atoms with Gasteiger partial charge in [-0.3, -0.25) is 9.59 Å². The number of furan rings is 2. The summed E-state index contributed by atoms with van der Waals surface area (Å²) >= 11 is 0. The first-order valence-corrected chi connectivity index (χ1v) is 12.5. The molecule has 0 amide bonds. The SMILES string of the molecule is Cc1cc2c(C(C)C)c(O)c(O)c3c(N)oc(c1=c1c(C)cc4c(C(C)C)c(=O)c(=O)c5c(N)oc1c45)c23. The zero-order valence-electron chi connectivity index (χ0n) is 22.0. The number of nitrogens with two attached hydrogens (primary N) is 2. The van der Waals surface area contributed by atoms with Crippen molar-refractivity contribution in [1.29, 1.82) is 0 Å². The van der Waals surface area contributed by atoms with E-state index < -0.39 is 10.9 Å². The number of aromatic hydroxyl groups is 2. The van der Waals surface area contributed by atoms with E-state index in [9.17, 15) is 19.8 Å². The van der Waals surface area contributed by atoms with E-state index in [1.165, 1.54) is 0 Å². The molecule has 0 saturated heterocycles. The molecule has 0 saturated carbocycles. The largest absolute Gasteiger partial charge is 0.504 e. The van der Waals surface area contributed by atoms with E-state index in [0.29, 0.717) is 48.9 Å². The smallest absolute Gasteiger partial charge is 0.239 e. The quantitative estimate of drug-likeness (QED) is 0.167. The van der Waals surface area contributed by atoms with Gasteiger partial charge in [0.25, 0.3) is 0 Å². The molecule has 0 atom stereocenters. The second kappa shape index (κ2) is 7.54. The molecule has 0 aliphatic carbocycles. The lowest BCUT2D eigenvalue weighted by atomic mass is 9.89. The molecule has 8 nitrogen and oxygen atoms in total. The Kier molecular flexibility index (Phi) is 4.74. The van der Waals surface area contributed by atoms with Crippen molar-refractivity contribution in [2.75, 3.05) is 11.5 Å². The first kappa shape index (κ1) is 23.9. The van der Waals surface area contributed by atoms with Crippen molar-refractivity contribution in [2.24, 2.45) is 0 Å². The molecule has 2 heterocycles. The van der Waals surface area contributed by atoms with Crippen molar-refractivity contribution in [2.45, 2.75) is 53.4 Å². The van der Waals surface area contributed by atoms with Gasteiger partial charge in [-0.1, -0.05) is 39.8 Å². The van der Waals surface area contributed by atoms with E-state index >= 15 is 0 Å². The highest BCUT2D eigenvalue weighted by atomic mass is 16.4. The average Bonchev–Trinajstić information content (AvgIpc) is 3.34. The maximum absolute atomic E-state index is 13.1. The molecular weight excluding hydrogens is 484 g/mol. The van der Waals surface area contributed by atoms with Gasteiger partial charge in [-0.25, -0.2) is 0 Å². The normalized spacial score (nSPS) is 13.5. The molecule has 0 radical (unpaired) electrons. The fraction of sp³-hybridized carbons (Fsp3) is 0.267. The van der Waals surface area contributed by atoms with Crippen LogP contribution in [0.25, 0.3) is 43.5 Å². The third-order valence-corrected chi connectivity index (χ3v) is 7.75. The number of hydrogen-bond acceptors (Lipinski definition) is 8. The molecule has 4 aromatic carbocycles. The van der Waals surface area contributed by atoms with E-state index in [1.807, 2.05) is 53.7 Å². The Morgan fingerprint density at radius 2 is 1.11 bits per heavy atom. The Morgan fingerprint density at radius 1 is 0.658 bits per heavy atom. The molecule has 8 heteroatoms. The third kappa shape index (κ3) is 2.74. The van der Waals surface area contributed by atoms with Gasteiger partial charge in [-0.2, -0.15) is 0 Å². The standard InChI is InChI=1S/C30H28N2O6/c1-9(2)15-13-7-11(5)17(27-19(13)21(29(31)37-27)25(35)23(15)33)18-12(6)8-14-16(10(3)4)24(34)26(36)22-20(14)28(18)38-30(22)32/h7-10,33,35H,31-32H2,1-6H3. The van der Waals surface area contributed by atoms with Crippen molar-refractivity contribution in [3.05, 3.63) is 65.3 Å². The van der Waals surface area contributed by atoms with Gasteiger partial charge >= 0.3 is 0 Å². The minimum Gasteiger partial charge on any atom is -0.504 e. The lowest BCUT2D eigenvalue weighted by Crippen LogP contribution is -2.28. The van der Waals surface area contributed by atoms with Crippen LogP contribution in [0.5, 0.6) is 11.5 Å². The zero-order valence-corrected chi connectivity index (χ0v) is 22.0. The summed E-state index contributed by atoms with van der Waals surface area (Å²) in [6, 6.07) is 3.83. The lowest BCUT2D eigenvalue weighted by Gasteiger charge is -2.15. The third-order valence-electron chi connectivity index (χ3n) is 7.75. The topological polar surface area (TPSA) is 153 Å². The highest BCUT2D eigenvalue weighted by Gasteiger charge is 2.28. The summed E-state index contributed by atoms with van der Waals surface area (Å²) in [5, 5.41) is 25.8. The summed E-state index contributed by atoms with van der Waals surface area (Å²) in [5.74, 6) is -0.967. The summed E-state index contributed by atoms with van der Waals surface area (Å²) in [7, 11) is 0. The van der Waals surface area contributed by atoms with E-state index in [4.69, 9.17) is 20.3 Å². The Morgan fingerprint density at radius 3 is 1.61 bits per heavy atom. The summed E-state index contributed by atoms with van der Waals surface area (Å²) < 4.78 is 12.1. The molecule has 0 fully saturated rings. The molecule has 0 aliphatic heterocycles. The van der Waals surface area contributed by atoms with Gasteiger partial charge in [0.05, 0.1) is 10.8 Å². The maximum Gasteiger partial charge on any atom is 0.239 e. The second-order valence-corrected chi connectivity index (χ2v) is 10.8. The monoisotopic (exact) mass is 512 g/mol. The van der Waals surface area contributed by atoms with Crippen LogP contribution in [-0.2, 0) is 0 Å². The molecule has 6 N–H and O–H groups in total. The Balaban J connectivity index is 2.01. The molecule has 6 aromatic rings. The van der Waals surface area contributed by atoms with Gasteiger partial charge < -0.3 is 30.5 Å². The molecule has 194 valence electrons. The van der Waals surface area contributed by atoms with Crippen LogP contribution in [0, 0.1) is 24.3 Å². The van der Waals surface area contributed by atoms with Crippen LogP contribution in [0.2, 0.25) is 0 Å². The molecule has 2 aromatic heterocycles. The van der Waals surface area contributed by atoms with E-state index in [1.54, 1.807) is 0 Å². The fourth-order valence-electron chi connectivity index (χ4n) is 6.24. The highest BCUT2D eigenvalue weighted by molar-refractivity contribution is 6.18. The molecule has 0 spiro atoms. The first-order valence-electron chi connectivity index (χ1n) is 12.5. The maximum atomic E-state index is 13.1. The predicted octanol–water partition coefficient (Wildman–Crippen LogP) is 5.81. The molecule has 0 aliphatic rings. The number of rotatable bonds is 2. The molecular formula is C30H28N2O6. The average molecular weight is 513 g/mol. The number of anilines is 2. The number of nitrogen functional groups attached to an aromatic ring is 2. The van der Waals surface area contributed by atoms with Crippen LogP contribution in [0.1, 0.15) is 61.8 Å². The van der Waals surface area contributed by atoms with Crippen LogP contribution in [0.15, 0.2) is 30.6 Å². The summed E-state index contributed by atoms with van der Waals surface area (Å²) in [6.45, 7) is 11.4. The Hall–Kier alpha value is -4.46. The van der Waals surface area contributed by atoms with E-state index in [2.05, 4.69) is 0 Å². The minimum absolute atomic E-state index is 0.0255. The minimum atomic E-state index is -0.676. The van der Waals surface area contributed by atoms with Crippen molar-refractivity contribution in [3.63, 3.8) is 0 Å². The molecule has 38 heavy (non-hydrogen) atoms. The van der Waals surface area contributed by atoms with Crippen molar-refractivity contribution in [1.82, 2.24) is 0 Å². The van der Waals surface area contributed by atoms with Gasteiger partial charge in [0.15, 0.2) is 11.5 Å².